The SMILES string of the molecule is c1ccc(-c2ccc(-c3ccc(-c4cccc5c4sc4c(-c6nc(-c7ccccc7)nc(-c7ccccc7)n6)cccc45)cc3)cc2)cc1. The van der Waals surface area contributed by atoms with E-state index in [0.29, 0.717) is 17.5 Å². The van der Waals surface area contributed by atoms with Crippen molar-refractivity contribution in [2.45, 2.75) is 0 Å². The fraction of sp³-hybridized carbons (Fsp3) is 0. The van der Waals surface area contributed by atoms with Crippen molar-refractivity contribution in [1.82, 2.24) is 15.0 Å². The average Bonchev–Trinajstić information content (AvgIpc) is 3.58. The lowest BCUT2D eigenvalue weighted by atomic mass is 9.97. The minimum absolute atomic E-state index is 0.665. The first-order valence-electron chi connectivity index (χ1n) is 16.4. The fourth-order valence-corrected chi connectivity index (χ4v) is 7.83. The van der Waals surface area contributed by atoms with Crippen LogP contribution < -0.4 is 0 Å². The van der Waals surface area contributed by atoms with Gasteiger partial charge in [-0.1, -0.05) is 170 Å². The van der Waals surface area contributed by atoms with Crippen molar-refractivity contribution < 1.29 is 0 Å². The molecule has 230 valence electrons. The molecule has 9 aromatic rings. The molecule has 0 saturated carbocycles. The van der Waals surface area contributed by atoms with Crippen LogP contribution in [0.2, 0.25) is 0 Å². The molecule has 0 N–H and O–H groups in total. The summed E-state index contributed by atoms with van der Waals surface area (Å²) in [5.41, 5.74) is 10.2. The number of hydrogen-bond acceptors (Lipinski definition) is 4. The van der Waals surface area contributed by atoms with Crippen LogP contribution in [0.3, 0.4) is 0 Å². The second-order valence-corrected chi connectivity index (χ2v) is 13.0. The maximum Gasteiger partial charge on any atom is 0.165 e. The Balaban J connectivity index is 1.12. The largest absolute Gasteiger partial charge is 0.208 e. The van der Waals surface area contributed by atoms with Crippen LogP contribution in [0.15, 0.2) is 176 Å². The molecular weight excluding hydrogens is 615 g/mol. The van der Waals surface area contributed by atoms with E-state index >= 15 is 0 Å². The van der Waals surface area contributed by atoms with Gasteiger partial charge in [-0.3, -0.25) is 0 Å². The molecule has 3 nitrogen and oxygen atoms in total. The lowest BCUT2D eigenvalue weighted by Gasteiger charge is -2.09. The molecule has 0 saturated heterocycles. The van der Waals surface area contributed by atoms with E-state index in [9.17, 15) is 0 Å². The molecule has 0 unspecified atom stereocenters. The maximum atomic E-state index is 5.05. The van der Waals surface area contributed by atoms with E-state index in [1.54, 1.807) is 0 Å². The topological polar surface area (TPSA) is 38.7 Å². The normalized spacial score (nSPS) is 11.3. The van der Waals surface area contributed by atoms with E-state index in [1.807, 2.05) is 72.0 Å². The summed E-state index contributed by atoms with van der Waals surface area (Å²) < 4.78 is 2.43. The average molecular weight is 644 g/mol. The van der Waals surface area contributed by atoms with Crippen molar-refractivity contribution in [2.75, 3.05) is 0 Å². The van der Waals surface area contributed by atoms with Crippen molar-refractivity contribution in [1.29, 1.82) is 0 Å². The standard InChI is InChI=1S/C45H29N3S/c1-4-12-30(13-5-1)31-22-24-32(25-23-31)33-26-28-34(29-27-33)37-18-10-19-38-39-20-11-21-40(42(39)49-41(37)38)45-47-43(35-14-6-2-7-15-35)46-44(48-45)36-16-8-3-9-17-36/h1-29H. The van der Waals surface area contributed by atoms with Crippen molar-refractivity contribution in [3.8, 4) is 67.5 Å². The number of fused-ring (bicyclic) bond motifs is 3. The van der Waals surface area contributed by atoms with Crippen molar-refractivity contribution in [3.63, 3.8) is 0 Å². The van der Waals surface area contributed by atoms with Crippen LogP contribution in [0.25, 0.3) is 87.7 Å². The molecule has 0 aliphatic rings. The summed E-state index contributed by atoms with van der Waals surface area (Å²) in [7, 11) is 0. The first-order valence-corrected chi connectivity index (χ1v) is 17.2. The molecule has 0 bridgehead atoms. The van der Waals surface area contributed by atoms with Gasteiger partial charge in [0.25, 0.3) is 0 Å². The number of nitrogens with zero attached hydrogens (tertiary/aromatic N) is 3. The Bertz CT molecular complexity index is 2500. The molecule has 0 radical (unpaired) electrons. The second kappa shape index (κ2) is 12.4. The van der Waals surface area contributed by atoms with Crippen molar-refractivity contribution >= 4 is 31.5 Å². The summed E-state index contributed by atoms with van der Waals surface area (Å²) in [6.07, 6.45) is 0. The Morgan fingerprint density at radius 2 is 0.633 bits per heavy atom. The summed E-state index contributed by atoms with van der Waals surface area (Å²) in [5.74, 6) is 2.00. The highest BCUT2D eigenvalue weighted by Crippen LogP contribution is 2.43. The molecule has 0 spiro atoms. The molecule has 0 amide bonds. The first-order chi connectivity index (χ1) is 24.3. The van der Waals surface area contributed by atoms with Gasteiger partial charge in [-0.05, 0) is 39.4 Å². The Morgan fingerprint density at radius 1 is 0.265 bits per heavy atom. The maximum absolute atomic E-state index is 5.05. The predicted molar refractivity (Wildman–Crippen MR) is 205 cm³/mol. The number of benzene rings is 7. The summed E-state index contributed by atoms with van der Waals surface area (Å²) >= 11 is 1.81. The zero-order valence-corrected chi connectivity index (χ0v) is 27.3. The van der Waals surface area contributed by atoms with Gasteiger partial charge in [-0.25, -0.2) is 15.0 Å². The van der Waals surface area contributed by atoms with Gasteiger partial charge >= 0.3 is 0 Å². The Labute approximate surface area is 288 Å². The van der Waals surface area contributed by atoms with E-state index in [4.69, 9.17) is 15.0 Å². The van der Waals surface area contributed by atoms with Gasteiger partial charge in [-0.2, -0.15) is 0 Å². The number of hydrogen-bond donors (Lipinski definition) is 0. The quantitative estimate of drug-likeness (QED) is 0.181. The van der Waals surface area contributed by atoms with E-state index < -0.39 is 0 Å². The zero-order valence-electron chi connectivity index (χ0n) is 26.5. The molecule has 0 aliphatic heterocycles. The minimum atomic E-state index is 0.665. The number of aromatic nitrogens is 3. The van der Waals surface area contributed by atoms with Crippen LogP contribution in [0.1, 0.15) is 0 Å². The molecule has 0 fully saturated rings. The van der Waals surface area contributed by atoms with Gasteiger partial charge in [0, 0.05) is 36.9 Å². The van der Waals surface area contributed by atoms with Gasteiger partial charge in [-0.15, -0.1) is 11.3 Å². The van der Waals surface area contributed by atoms with Crippen molar-refractivity contribution in [2.24, 2.45) is 0 Å². The molecule has 0 atom stereocenters. The van der Waals surface area contributed by atoms with Gasteiger partial charge in [0.05, 0.1) is 0 Å². The first kappa shape index (κ1) is 29.0. The van der Waals surface area contributed by atoms with Gasteiger partial charge < -0.3 is 0 Å². The minimum Gasteiger partial charge on any atom is -0.208 e. The predicted octanol–water partition coefficient (Wildman–Crippen LogP) is 12.2. The Hall–Kier alpha value is -6.23. The third-order valence-corrected chi connectivity index (χ3v) is 10.3. The van der Waals surface area contributed by atoms with Crippen LogP contribution in [-0.4, -0.2) is 15.0 Å². The third-order valence-electron chi connectivity index (χ3n) is 8.99. The van der Waals surface area contributed by atoms with E-state index in [0.717, 1.165) is 16.7 Å². The lowest BCUT2D eigenvalue weighted by Crippen LogP contribution is -2.00. The molecule has 49 heavy (non-hydrogen) atoms. The second-order valence-electron chi connectivity index (χ2n) is 12.0. The van der Waals surface area contributed by atoms with Crippen molar-refractivity contribution in [3.05, 3.63) is 176 Å². The highest BCUT2D eigenvalue weighted by atomic mass is 32.1. The Kier molecular flexibility index (Phi) is 7.34. The molecule has 7 aromatic carbocycles. The third kappa shape index (κ3) is 5.48. The number of rotatable bonds is 6. The van der Waals surface area contributed by atoms with E-state index in [2.05, 4.69) is 115 Å². The number of thiophene rings is 1. The summed E-state index contributed by atoms with van der Waals surface area (Å²) in [5, 5.41) is 2.44. The molecule has 9 rings (SSSR count). The highest BCUT2D eigenvalue weighted by Gasteiger charge is 2.18. The van der Waals surface area contributed by atoms with Crippen LogP contribution in [0.5, 0.6) is 0 Å². The van der Waals surface area contributed by atoms with E-state index in [1.165, 1.54) is 53.6 Å². The van der Waals surface area contributed by atoms with Crippen LogP contribution in [0, 0.1) is 0 Å². The molecule has 4 heteroatoms. The van der Waals surface area contributed by atoms with E-state index in [-0.39, 0.29) is 0 Å². The highest BCUT2D eigenvalue weighted by molar-refractivity contribution is 7.26. The van der Waals surface area contributed by atoms with Gasteiger partial charge in [0.1, 0.15) is 0 Å². The fourth-order valence-electron chi connectivity index (χ4n) is 6.48. The molecule has 2 heterocycles. The summed E-state index contributed by atoms with van der Waals surface area (Å²) in [4.78, 5) is 15.0. The lowest BCUT2D eigenvalue weighted by molar-refractivity contribution is 1.08. The summed E-state index contributed by atoms with van der Waals surface area (Å²) in [6, 6.07) is 61.6. The zero-order chi connectivity index (χ0) is 32.6. The van der Waals surface area contributed by atoms with Crippen LogP contribution >= 0.6 is 11.3 Å². The van der Waals surface area contributed by atoms with Gasteiger partial charge in [0.15, 0.2) is 17.5 Å². The molecule has 2 aromatic heterocycles. The van der Waals surface area contributed by atoms with Crippen LogP contribution in [0.4, 0.5) is 0 Å². The van der Waals surface area contributed by atoms with Crippen LogP contribution in [-0.2, 0) is 0 Å². The molecule has 0 aliphatic carbocycles. The Morgan fingerprint density at radius 3 is 1.12 bits per heavy atom. The summed E-state index contributed by atoms with van der Waals surface area (Å²) in [6.45, 7) is 0. The van der Waals surface area contributed by atoms with Gasteiger partial charge in [0.2, 0.25) is 0 Å². The molecular formula is C45H29N3S. The monoisotopic (exact) mass is 643 g/mol. The smallest absolute Gasteiger partial charge is 0.165 e.